The number of carbonyl (C=O) groups is 1. The van der Waals surface area contributed by atoms with Crippen LogP contribution in [0.4, 0.5) is 0 Å². The van der Waals surface area contributed by atoms with Crippen LogP contribution in [0.15, 0.2) is 23.1 Å². The van der Waals surface area contributed by atoms with E-state index in [2.05, 4.69) is 0 Å². The van der Waals surface area contributed by atoms with Crippen molar-refractivity contribution >= 4 is 15.9 Å². The summed E-state index contributed by atoms with van der Waals surface area (Å²) in [7, 11) is -3.42. The lowest BCUT2D eigenvalue weighted by molar-refractivity contribution is -0.137. The number of hydrogen-bond donors (Lipinski definition) is 0. The minimum Gasteiger partial charge on any atom is -0.338 e. The van der Waals surface area contributed by atoms with E-state index in [1.54, 1.807) is 10.4 Å². The molecule has 0 bridgehead atoms. The third-order valence-corrected chi connectivity index (χ3v) is 8.30. The molecule has 0 radical (unpaired) electrons. The van der Waals surface area contributed by atoms with Crippen LogP contribution in [0.3, 0.4) is 0 Å². The molecule has 0 spiro atoms. The van der Waals surface area contributed by atoms with Crippen molar-refractivity contribution in [3.63, 3.8) is 0 Å². The van der Waals surface area contributed by atoms with Gasteiger partial charge < -0.3 is 4.90 Å². The van der Waals surface area contributed by atoms with Crippen molar-refractivity contribution in [2.24, 2.45) is 5.92 Å². The van der Waals surface area contributed by atoms with Gasteiger partial charge in [-0.05, 0) is 55.4 Å². The molecule has 6 heteroatoms. The normalized spacial score (nSPS) is 22.4. The van der Waals surface area contributed by atoms with Crippen molar-refractivity contribution in [2.75, 3.05) is 19.6 Å². The number of sulfonamides is 1. The number of amides is 1. The number of piperidine rings is 1. The van der Waals surface area contributed by atoms with Crippen LogP contribution in [0.1, 0.15) is 62.5 Å². The van der Waals surface area contributed by atoms with Gasteiger partial charge in [-0.15, -0.1) is 0 Å². The third kappa shape index (κ3) is 3.92. The topological polar surface area (TPSA) is 57.7 Å². The van der Waals surface area contributed by atoms with Gasteiger partial charge in [-0.2, -0.15) is 4.31 Å². The van der Waals surface area contributed by atoms with Crippen molar-refractivity contribution in [2.45, 2.75) is 69.2 Å². The summed E-state index contributed by atoms with van der Waals surface area (Å²) in [6.45, 7) is 2.53. The number of carbonyl (C=O) groups excluding carboxylic acids is 1. The standard InChI is InChI=1S/C21H30N2O3S/c24-21(18-7-3-1-4-8-18)22-14-11-17-9-10-20(15-19(17)16-22)27(25,26)23-12-5-2-6-13-23/h9-10,15,18H,1-8,11-14,16H2. The van der Waals surface area contributed by atoms with Crippen LogP contribution >= 0.6 is 0 Å². The van der Waals surface area contributed by atoms with Crippen LogP contribution in [0.5, 0.6) is 0 Å². The Kier molecular flexibility index (Phi) is 5.55. The molecule has 1 saturated carbocycles. The number of benzene rings is 1. The van der Waals surface area contributed by atoms with Gasteiger partial charge in [0.15, 0.2) is 0 Å². The van der Waals surface area contributed by atoms with E-state index in [0.717, 1.165) is 63.5 Å². The van der Waals surface area contributed by atoms with Crippen molar-refractivity contribution in [3.8, 4) is 0 Å². The Morgan fingerprint density at radius 1 is 0.889 bits per heavy atom. The maximum Gasteiger partial charge on any atom is 0.243 e. The maximum absolute atomic E-state index is 13.0. The van der Waals surface area contributed by atoms with Crippen molar-refractivity contribution in [1.29, 1.82) is 0 Å². The van der Waals surface area contributed by atoms with Gasteiger partial charge >= 0.3 is 0 Å². The fourth-order valence-electron chi connectivity index (χ4n) is 4.74. The van der Waals surface area contributed by atoms with E-state index in [9.17, 15) is 13.2 Å². The summed E-state index contributed by atoms with van der Waals surface area (Å²) >= 11 is 0. The molecule has 1 aliphatic carbocycles. The summed E-state index contributed by atoms with van der Waals surface area (Å²) in [5.41, 5.74) is 2.18. The van der Waals surface area contributed by atoms with Crippen LogP contribution in [0, 0.1) is 5.92 Å². The molecule has 0 aromatic heterocycles. The predicted molar refractivity (Wildman–Crippen MR) is 105 cm³/mol. The Morgan fingerprint density at radius 3 is 2.33 bits per heavy atom. The van der Waals surface area contributed by atoms with Crippen LogP contribution < -0.4 is 0 Å². The molecule has 5 nitrogen and oxygen atoms in total. The first-order chi connectivity index (χ1) is 13.1. The van der Waals surface area contributed by atoms with Gasteiger partial charge in [0, 0.05) is 32.1 Å². The molecular weight excluding hydrogens is 360 g/mol. The highest BCUT2D eigenvalue weighted by atomic mass is 32.2. The number of hydrogen-bond acceptors (Lipinski definition) is 3. The molecule has 2 heterocycles. The molecule has 2 fully saturated rings. The van der Waals surface area contributed by atoms with Crippen LogP contribution in [0.25, 0.3) is 0 Å². The highest BCUT2D eigenvalue weighted by Crippen LogP contribution is 2.30. The lowest BCUT2D eigenvalue weighted by atomic mass is 9.87. The highest BCUT2D eigenvalue weighted by molar-refractivity contribution is 7.89. The van der Waals surface area contributed by atoms with E-state index in [1.165, 1.54) is 12.0 Å². The molecule has 1 saturated heterocycles. The van der Waals surface area contributed by atoms with Crippen molar-refractivity contribution in [1.82, 2.24) is 9.21 Å². The molecule has 27 heavy (non-hydrogen) atoms. The summed E-state index contributed by atoms with van der Waals surface area (Å²) in [5, 5.41) is 0. The lowest BCUT2D eigenvalue weighted by Gasteiger charge is -2.33. The van der Waals surface area contributed by atoms with Gasteiger partial charge in [0.25, 0.3) is 0 Å². The minimum absolute atomic E-state index is 0.167. The number of nitrogens with zero attached hydrogens (tertiary/aromatic N) is 2. The molecule has 148 valence electrons. The van der Waals surface area contributed by atoms with E-state index in [4.69, 9.17) is 0 Å². The Bertz CT molecular complexity index is 794. The van der Waals surface area contributed by atoms with E-state index in [0.29, 0.717) is 24.5 Å². The van der Waals surface area contributed by atoms with E-state index >= 15 is 0 Å². The van der Waals surface area contributed by atoms with E-state index in [-0.39, 0.29) is 11.8 Å². The zero-order valence-electron chi connectivity index (χ0n) is 16.0. The molecule has 4 rings (SSSR count). The summed E-state index contributed by atoms with van der Waals surface area (Å²) in [5.74, 6) is 0.435. The van der Waals surface area contributed by atoms with Gasteiger partial charge in [-0.1, -0.05) is 31.7 Å². The molecule has 0 atom stereocenters. The second kappa shape index (κ2) is 7.92. The first kappa shape index (κ1) is 18.9. The highest BCUT2D eigenvalue weighted by Gasteiger charge is 2.30. The monoisotopic (exact) mass is 390 g/mol. The van der Waals surface area contributed by atoms with Gasteiger partial charge in [-0.25, -0.2) is 8.42 Å². The average Bonchev–Trinajstić information content (AvgIpc) is 2.73. The van der Waals surface area contributed by atoms with Crippen LogP contribution in [-0.2, 0) is 27.8 Å². The fourth-order valence-corrected chi connectivity index (χ4v) is 6.31. The second-order valence-corrected chi connectivity index (χ2v) is 10.2. The molecule has 1 amide bonds. The first-order valence-corrected chi connectivity index (χ1v) is 11.9. The lowest BCUT2D eigenvalue weighted by Crippen LogP contribution is -2.40. The Balaban J connectivity index is 1.52. The molecule has 1 aromatic carbocycles. The Hall–Kier alpha value is -1.40. The first-order valence-electron chi connectivity index (χ1n) is 10.5. The average molecular weight is 391 g/mol. The fraction of sp³-hybridized carbons (Fsp3) is 0.667. The largest absolute Gasteiger partial charge is 0.338 e. The zero-order chi connectivity index (χ0) is 18.9. The van der Waals surface area contributed by atoms with Crippen molar-refractivity contribution < 1.29 is 13.2 Å². The maximum atomic E-state index is 13.0. The molecule has 0 N–H and O–H groups in total. The molecule has 1 aromatic rings. The molecule has 0 unspecified atom stereocenters. The quantitative estimate of drug-likeness (QED) is 0.795. The summed E-state index contributed by atoms with van der Waals surface area (Å²) in [6.07, 6.45) is 9.35. The summed E-state index contributed by atoms with van der Waals surface area (Å²) < 4.78 is 27.6. The minimum atomic E-state index is -3.42. The SMILES string of the molecule is O=C(C1CCCCC1)N1CCc2ccc(S(=O)(=O)N3CCCCC3)cc2C1. The second-order valence-electron chi connectivity index (χ2n) is 8.24. The van der Waals surface area contributed by atoms with Gasteiger partial charge in [0.2, 0.25) is 15.9 Å². The zero-order valence-corrected chi connectivity index (χ0v) is 16.8. The number of fused-ring (bicyclic) bond motifs is 1. The third-order valence-electron chi connectivity index (χ3n) is 6.41. The number of rotatable bonds is 3. The molecule has 2 aliphatic heterocycles. The van der Waals surface area contributed by atoms with Gasteiger partial charge in [0.1, 0.15) is 0 Å². The Morgan fingerprint density at radius 2 is 1.59 bits per heavy atom. The summed E-state index contributed by atoms with van der Waals surface area (Å²) in [4.78, 5) is 15.2. The van der Waals surface area contributed by atoms with Crippen molar-refractivity contribution in [3.05, 3.63) is 29.3 Å². The van der Waals surface area contributed by atoms with Crippen LogP contribution in [0.2, 0.25) is 0 Å². The van der Waals surface area contributed by atoms with E-state index in [1.807, 2.05) is 17.0 Å². The van der Waals surface area contributed by atoms with E-state index < -0.39 is 10.0 Å². The van der Waals surface area contributed by atoms with Gasteiger partial charge in [-0.3, -0.25) is 4.79 Å². The smallest absolute Gasteiger partial charge is 0.243 e. The van der Waals surface area contributed by atoms with Gasteiger partial charge in [0.05, 0.1) is 4.90 Å². The molecule has 3 aliphatic rings. The summed E-state index contributed by atoms with van der Waals surface area (Å²) in [6, 6.07) is 5.52. The van der Waals surface area contributed by atoms with Crippen LogP contribution in [-0.4, -0.2) is 43.2 Å². The predicted octanol–water partition coefficient (Wildman–Crippen LogP) is 3.33. The molecular formula is C21H30N2O3S. The Labute approximate surface area is 162 Å².